The van der Waals surface area contributed by atoms with Crippen molar-refractivity contribution in [3.8, 4) is 0 Å². The van der Waals surface area contributed by atoms with Crippen LogP contribution in [0.1, 0.15) is 47.0 Å². The van der Waals surface area contributed by atoms with Crippen LogP contribution in [0.4, 0.5) is 4.79 Å². The number of hydrogen-bond donors (Lipinski definition) is 0. The fourth-order valence-electron chi connectivity index (χ4n) is 2.07. The van der Waals surface area contributed by atoms with Crippen molar-refractivity contribution in [3.05, 3.63) is 0 Å². The van der Waals surface area contributed by atoms with Gasteiger partial charge in [-0.05, 0) is 27.2 Å². The summed E-state index contributed by atoms with van der Waals surface area (Å²) in [5.74, 6) is -0.633. The average molecular weight is 269 g/mol. The van der Waals surface area contributed by atoms with Crippen LogP contribution in [0.5, 0.6) is 0 Å². The first kappa shape index (κ1) is 15.7. The molecule has 0 bridgehead atoms. The van der Waals surface area contributed by atoms with Crippen LogP contribution < -0.4 is 0 Å². The Hall–Kier alpha value is -1.39. The van der Waals surface area contributed by atoms with Gasteiger partial charge in [0.1, 0.15) is 17.2 Å². The number of ketones is 2. The van der Waals surface area contributed by atoms with Gasteiger partial charge in [-0.1, -0.05) is 6.92 Å². The Morgan fingerprint density at radius 1 is 1.32 bits per heavy atom. The highest BCUT2D eigenvalue weighted by atomic mass is 16.6. The number of amides is 1. The lowest BCUT2D eigenvalue weighted by molar-refractivity contribution is -0.132. The predicted octanol–water partition coefficient (Wildman–Crippen LogP) is 2.18. The van der Waals surface area contributed by atoms with Gasteiger partial charge < -0.3 is 9.64 Å². The first-order valence-electron chi connectivity index (χ1n) is 6.78. The SMILES string of the molecule is CCC(=O)C1CCN(C(=O)OC(C)(C)C)CCC1=O. The van der Waals surface area contributed by atoms with E-state index in [2.05, 4.69) is 0 Å². The molecule has 0 aromatic heterocycles. The minimum Gasteiger partial charge on any atom is -0.444 e. The van der Waals surface area contributed by atoms with E-state index in [0.717, 1.165) is 0 Å². The molecule has 1 heterocycles. The number of carbonyl (C=O) groups excluding carboxylic acids is 3. The van der Waals surface area contributed by atoms with E-state index in [4.69, 9.17) is 4.74 Å². The maximum Gasteiger partial charge on any atom is 0.410 e. The fraction of sp³-hybridized carbons (Fsp3) is 0.786. The second-order valence-electron chi connectivity index (χ2n) is 5.84. The molecule has 1 aliphatic heterocycles. The molecule has 1 unspecified atom stereocenters. The van der Waals surface area contributed by atoms with E-state index in [1.807, 2.05) is 0 Å². The summed E-state index contributed by atoms with van der Waals surface area (Å²) in [5, 5.41) is 0. The smallest absolute Gasteiger partial charge is 0.410 e. The average Bonchev–Trinajstić information content (AvgIpc) is 2.48. The van der Waals surface area contributed by atoms with Gasteiger partial charge in [-0.25, -0.2) is 4.79 Å². The third-order valence-electron chi connectivity index (χ3n) is 3.09. The minimum absolute atomic E-state index is 0.0314. The van der Waals surface area contributed by atoms with E-state index in [-0.39, 0.29) is 18.0 Å². The van der Waals surface area contributed by atoms with Crippen LogP contribution in [0.15, 0.2) is 0 Å². The maximum atomic E-state index is 11.9. The molecule has 1 rings (SSSR count). The van der Waals surface area contributed by atoms with Crippen LogP contribution in [0.2, 0.25) is 0 Å². The summed E-state index contributed by atoms with van der Waals surface area (Å²) in [6.45, 7) is 7.90. The van der Waals surface area contributed by atoms with Crippen molar-refractivity contribution in [1.82, 2.24) is 4.90 Å². The summed E-state index contributed by atoms with van der Waals surface area (Å²) >= 11 is 0. The van der Waals surface area contributed by atoms with Crippen molar-refractivity contribution in [3.63, 3.8) is 0 Å². The number of rotatable bonds is 2. The molecule has 108 valence electrons. The molecular formula is C14H23NO4. The van der Waals surface area contributed by atoms with Gasteiger partial charge in [0.2, 0.25) is 0 Å². The summed E-state index contributed by atoms with van der Waals surface area (Å²) in [6.07, 6.45) is 0.591. The lowest BCUT2D eigenvalue weighted by Crippen LogP contribution is -2.37. The molecule has 1 fully saturated rings. The third kappa shape index (κ3) is 4.65. The van der Waals surface area contributed by atoms with Gasteiger partial charge in [0.05, 0.1) is 5.92 Å². The highest BCUT2D eigenvalue weighted by Gasteiger charge is 2.31. The molecule has 1 amide bonds. The van der Waals surface area contributed by atoms with Gasteiger partial charge >= 0.3 is 6.09 Å². The number of hydrogen-bond acceptors (Lipinski definition) is 4. The molecule has 0 radical (unpaired) electrons. The first-order chi connectivity index (χ1) is 8.74. The van der Waals surface area contributed by atoms with E-state index in [0.29, 0.717) is 25.9 Å². The standard InChI is InChI=1S/C14H23NO4/c1-5-11(16)10-6-8-15(9-7-12(10)17)13(18)19-14(2,3)4/h10H,5-9H2,1-4H3. The lowest BCUT2D eigenvalue weighted by atomic mass is 9.93. The van der Waals surface area contributed by atoms with Gasteiger partial charge in [-0.2, -0.15) is 0 Å². The van der Waals surface area contributed by atoms with Gasteiger partial charge in [-0.15, -0.1) is 0 Å². The van der Waals surface area contributed by atoms with Gasteiger partial charge in [0, 0.05) is 25.9 Å². The summed E-state index contributed by atoms with van der Waals surface area (Å²) < 4.78 is 5.28. The zero-order valence-electron chi connectivity index (χ0n) is 12.2. The molecule has 19 heavy (non-hydrogen) atoms. The molecule has 0 aromatic carbocycles. The number of ether oxygens (including phenoxy) is 1. The van der Waals surface area contributed by atoms with Crippen LogP contribution in [0.3, 0.4) is 0 Å². The van der Waals surface area contributed by atoms with Crippen molar-refractivity contribution in [2.24, 2.45) is 5.92 Å². The first-order valence-corrected chi connectivity index (χ1v) is 6.78. The van der Waals surface area contributed by atoms with Crippen LogP contribution in [-0.2, 0) is 14.3 Å². The molecule has 0 saturated carbocycles. The Labute approximate surface area is 114 Å². The van der Waals surface area contributed by atoms with Crippen molar-refractivity contribution < 1.29 is 19.1 Å². The molecule has 0 spiro atoms. The summed E-state index contributed by atoms with van der Waals surface area (Å²) in [7, 11) is 0. The van der Waals surface area contributed by atoms with Gasteiger partial charge in [0.25, 0.3) is 0 Å². The van der Waals surface area contributed by atoms with Crippen molar-refractivity contribution in [1.29, 1.82) is 0 Å². The number of nitrogens with zero attached hydrogens (tertiary/aromatic N) is 1. The third-order valence-corrected chi connectivity index (χ3v) is 3.09. The Morgan fingerprint density at radius 2 is 1.95 bits per heavy atom. The number of carbonyl (C=O) groups is 3. The van der Waals surface area contributed by atoms with E-state index < -0.39 is 17.6 Å². The molecular weight excluding hydrogens is 246 g/mol. The monoisotopic (exact) mass is 269 g/mol. The normalized spacial score (nSPS) is 20.9. The fourth-order valence-corrected chi connectivity index (χ4v) is 2.07. The second-order valence-corrected chi connectivity index (χ2v) is 5.84. The molecule has 0 N–H and O–H groups in total. The van der Waals surface area contributed by atoms with Gasteiger partial charge in [-0.3, -0.25) is 9.59 Å². The Bertz CT molecular complexity index is 370. The van der Waals surface area contributed by atoms with Crippen molar-refractivity contribution >= 4 is 17.7 Å². The van der Waals surface area contributed by atoms with Gasteiger partial charge in [0.15, 0.2) is 0 Å². The maximum absolute atomic E-state index is 11.9. The number of likely N-dealkylation sites (tertiary alicyclic amines) is 1. The van der Waals surface area contributed by atoms with Crippen LogP contribution >= 0.6 is 0 Å². The van der Waals surface area contributed by atoms with E-state index >= 15 is 0 Å². The molecule has 1 saturated heterocycles. The summed E-state index contributed by atoms with van der Waals surface area (Å²) in [6, 6.07) is 0. The van der Waals surface area contributed by atoms with Crippen LogP contribution in [0.25, 0.3) is 0 Å². The number of Topliss-reactive ketones (excluding diaryl/α,β-unsaturated/α-hetero) is 2. The van der Waals surface area contributed by atoms with E-state index in [9.17, 15) is 14.4 Å². The molecule has 1 aliphatic rings. The van der Waals surface area contributed by atoms with E-state index in [1.54, 1.807) is 27.7 Å². The van der Waals surface area contributed by atoms with Crippen LogP contribution in [0, 0.1) is 5.92 Å². The highest BCUT2D eigenvalue weighted by molar-refractivity contribution is 6.02. The molecule has 1 atom stereocenters. The van der Waals surface area contributed by atoms with Crippen molar-refractivity contribution in [2.75, 3.05) is 13.1 Å². The highest BCUT2D eigenvalue weighted by Crippen LogP contribution is 2.19. The lowest BCUT2D eigenvalue weighted by Gasteiger charge is -2.26. The Balaban J connectivity index is 2.65. The molecule has 0 aliphatic carbocycles. The second kappa shape index (κ2) is 6.17. The van der Waals surface area contributed by atoms with Crippen LogP contribution in [-0.4, -0.2) is 41.3 Å². The Kier molecular flexibility index (Phi) is 5.09. The van der Waals surface area contributed by atoms with E-state index in [1.165, 1.54) is 4.90 Å². The van der Waals surface area contributed by atoms with Crippen molar-refractivity contribution in [2.45, 2.75) is 52.6 Å². The topological polar surface area (TPSA) is 63.7 Å². The largest absolute Gasteiger partial charge is 0.444 e. The summed E-state index contributed by atoms with van der Waals surface area (Å²) in [4.78, 5) is 37.0. The minimum atomic E-state index is -0.550. The summed E-state index contributed by atoms with van der Waals surface area (Å²) in [5.41, 5.74) is -0.550. The molecule has 5 heteroatoms. The quantitative estimate of drug-likeness (QED) is 0.721. The predicted molar refractivity (Wildman–Crippen MR) is 70.8 cm³/mol. The molecule has 5 nitrogen and oxygen atoms in total. The molecule has 0 aromatic rings. The zero-order chi connectivity index (χ0) is 14.6. The zero-order valence-corrected chi connectivity index (χ0v) is 12.2. The Morgan fingerprint density at radius 3 is 2.47 bits per heavy atom.